The zero-order chi connectivity index (χ0) is 13.8. The lowest BCUT2D eigenvalue weighted by Gasteiger charge is -2.32. The molecular weight excluding hydrogens is 276 g/mol. The molecule has 18 heavy (non-hydrogen) atoms. The SMILES string of the molecule is CCNCCCS(=O)(=O)N1CCS(=O)(=O)CC1C. The Hall–Kier alpha value is -0.180. The molecule has 1 atom stereocenters. The smallest absolute Gasteiger partial charge is 0.214 e. The highest BCUT2D eigenvalue weighted by Crippen LogP contribution is 2.16. The second-order valence-corrected chi connectivity index (χ2v) is 8.87. The van der Waals surface area contributed by atoms with Gasteiger partial charge in [-0.05, 0) is 26.4 Å². The molecule has 0 aliphatic carbocycles. The molecular formula is C10H22N2O4S2. The fourth-order valence-corrected chi connectivity index (χ4v) is 5.57. The highest BCUT2D eigenvalue weighted by molar-refractivity contribution is 7.92. The topological polar surface area (TPSA) is 83.6 Å². The minimum atomic E-state index is -3.33. The molecule has 6 nitrogen and oxygen atoms in total. The Balaban J connectivity index is 2.58. The summed E-state index contributed by atoms with van der Waals surface area (Å²) >= 11 is 0. The zero-order valence-corrected chi connectivity index (χ0v) is 12.6. The summed E-state index contributed by atoms with van der Waals surface area (Å²) in [4.78, 5) is 0. The molecule has 0 spiro atoms. The van der Waals surface area contributed by atoms with E-state index in [0.717, 1.165) is 6.54 Å². The molecule has 0 bridgehead atoms. The van der Waals surface area contributed by atoms with Crippen LogP contribution in [0.25, 0.3) is 0 Å². The summed E-state index contributed by atoms with van der Waals surface area (Å²) < 4.78 is 48.3. The average Bonchev–Trinajstić information content (AvgIpc) is 2.22. The van der Waals surface area contributed by atoms with E-state index < -0.39 is 25.9 Å². The van der Waals surface area contributed by atoms with Crippen molar-refractivity contribution in [1.82, 2.24) is 9.62 Å². The first-order valence-corrected chi connectivity index (χ1v) is 9.62. The highest BCUT2D eigenvalue weighted by atomic mass is 32.2. The Labute approximate surface area is 110 Å². The van der Waals surface area contributed by atoms with Crippen LogP contribution in [0.15, 0.2) is 0 Å². The van der Waals surface area contributed by atoms with E-state index in [9.17, 15) is 16.8 Å². The lowest BCUT2D eigenvalue weighted by Crippen LogP contribution is -2.50. The van der Waals surface area contributed by atoms with Crippen LogP contribution >= 0.6 is 0 Å². The normalized spacial score (nSPS) is 25.1. The molecule has 0 saturated carbocycles. The van der Waals surface area contributed by atoms with Crippen molar-refractivity contribution in [2.24, 2.45) is 0 Å². The predicted octanol–water partition coefficient (Wildman–Crippen LogP) is -0.565. The van der Waals surface area contributed by atoms with Crippen LogP contribution in [0.3, 0.4) is 0 Å². The van der Waals surface area contributed by atoms with Gasteiger partial charge in [0, 0.05) is 12.6 Å². The number of sulfone groups is 1. The maximum absolute atomic E-state index is 12.1. The first-order chi connectivity index (χ1) is 8.28. The standard InChI is InChI=1S/C10H22N2O4S2/c1-3-11-5-4-7-18(15,16)12-6-8-17(13,14)9-10(12)2/h10-11H,3-9H2,1-2H3. The predicted molar refractivity (Wildman–Crippen MR) is 71.8 cm³/mol. The van der Waals surface area contributed by atoms with E-state index in [1.165, 1.54) is 4.31 Å². The first-order valence-electron chi connectivity index (χ1n) is 6.19. The highest BCUT2D eigenvalue weighted by Gasteiger charge is 2.34. The van der Waals surface area contributed by atoms with E-state index in [2.05, 4.69) is 5.32 Å². The van der Waals surface area contributed by atoms with Crippen LogP contribution in [0, 0.1) is 0 Å². The number of hydrogen-bond donors (Lipinski definition) is 1. The van der Waals surface area contributed by atoms with E-state index in [-0.39, 0.29) is 23.8 Å². The quantitative estimate of drug-likeness (QED) is 0.664. The summed E-state index contributed by atoms with van der Waals surface area (Å²) in [6.07, 6.45) is 0.548. The summed E-state index contributed by atoms with van der Waals surface area (Å²) in [5.41, 5.74) is 0. The third-order valence-electron chi connectivity index (χ3n) is 2.97. The molecule has 1 saturated heterocycles. The van der Waals surface area contributed by atoms with Crippen LogP contribution in [0.4, 0.5) is 0 Å². The van der Waals surface area contributed by atoms with Gasteiger partial charge in [0.2, 0.25) is 10.0 Å². The number of rotatable bonds is 6. The number of nitrogens with one attached hydrogen (secondary N) is 1. The van der Waals surface area contributed by atoms with Crippen molar-refractivity contribution >= 4 is 19.9 Å². The van der Waals surface area contributed by atoms with Crippen molar-refractivity contribution in [2.75, 3.05) is 36.9 Å². The van der Waals surface area contributed by atoms with Gasteiger partial charge in [0.05, 0.1) is 17.3 Å². The van der Waals surface area contributed by atoms with Gasteiger partial charge < -0.3 is 5.32 Å². The molecule has 108 valence electrons. The summed E-state index contributed by atoms with van der Waals surface area (Å²) in [7, 11) is -6.41. The Morgan fingerprint density at radius 2 is 2.06 bits per heavy atom. The van der Waals surface area contributed by atoms with Crippen LogP contribution < -0.4 is 5.32 Å². The molecule has 0 aromatic heterocycles. The molecule has 1 fully saturated rings. The summed E-state index contributed by atoms with van der Waals surface area (Å²) in [5, 5.41) is 3.07. The second kappa shape index (κ2) is 6.31. The molecule has 1 aliphatic rings. The van der Waals surface area contributed by atoms with Crippen molar-refractivity contribution in [3.05, 3.63) is 0 Å². The van der Waals surface area contributed by atoms with Gasteiger partial charge in [-0.25, -0.2) is 16.8 Å². The van der Waals surface area contributed by atoms with Gasteiger partial charge in [-0.2, -0.15) is 4.31 Å². The Morgan fingerprint density at radius 1 is 1.39 bits per heavy atom. The minimum absolute atomic E-state index is 0.0657. The number of nitrogens with zero attached hydrogens (tertiary/aromatic N) is 1. The van der Waals surface area contributed by atoms with Gasteiger partial charge in [-0.3, -0.25) is 0 Å². The fourth-order valence-electron chi connectivity index (χ4n) is 2.07. The molecule has 0 aromatic carbocycles. The molecule has 0 radical (unpaired) electrons. The molecule has 1 heterocycles. The summed E-state index contributed by atoms with van der Waals surface area (Å²) in [6.45, 7) is 5.19. The zero-order valence-electron chi connectivity index (χ0n) is 10.9. The molecule has 8 heteroatoms. The largest absolute Gasteiger partial charge is 0.317 e. The van der Waals surface area contributed by atoms with Crippen LogP contribution in [0.2, 0.25) is 0 Å². The minimum Gasteiger partial charge on any atom is -0.317 e. The van der Waals surface area contributed by atoms with Crippen LogP contribution in [-0.2, 0) is 19.9 Å². The van der Waals surface area contributed by atoms with E-state index >= 15 is 0 Å². The Kier molecular flexibility index (Phi) is 5.57. The average molecular weight is 298 g/mol. The molecule has 1 N–H and O–H groups in total. The number of hydrogen-bond acceptors (Lipinski definition) is 5. The van der Waals surface area contributed by atoms with Crippen molar-refractivity contribution < 1.29 is 16.8 Å². The lowest BCUT2D eigenvalue weighted by atomic mass is 10.4. The lowest BCUT2D eigenvalue weighted by molar-refractivity contribution is 0.356. The molecule has 1 aliphatic heterocycles. The molecule has 0 amide bonds. The third kappa shape index (κ3) is 4.49. The molecule has 1 rings (SSSR count). The van der Waals surface area contributed by atoms with Crippen molar-refractivity contribution in [2.45, 2.75) is 26.3 Å². The molecule has 1 unspecified atom stereocenters. The van der Waals surface area contributed by atoms with E-state index in [1.54, 1.807) is 6.92 Å². The van der Waals surface area contributed by atoms with Crippen molar-refractivity contribution in [1.29, 1.82) is 0 Å². The van der Waals surface area contributed by atoms with E-state index in [4.69, 9.17) is 0 Å². The van der Waals surface area contributed by atoms with Crippen molar-refractivity contribution in [3.63, 3.8) is 0 Å². The van der Waals surface area contributed by atoms with Gasteiger partial charge >= 0.3 is 0 Å². The van der Waals surface area contributed by atoms with Crippen LogP contribution in [0.5, 0.6) is 0 Å². The van der Waals surface area contributed by atoms with Crippen LogP contribution in [-0.4, -0.2) is 64.1 Å². The fraction of sp³-hybridized carbons (Fsp3) is 1.00. The summed E-state index contributed by atoms with van der Waals surface area (Å²) in [6, 6.07) is -0.451. The van der Waals surface area contributed by atoms with Gasteiger partial charge in [-0.1, -0.05) is 6.92 Å². The molecule has 0 aromatic rings. The van der Waals surface area contributed by atoms with Gasteiger partial charge in [0.25, 0.3) is 0 Å². The maximum atomic E-state index is 12.1. The first kappa shape index (κ1) is 15.9. The van der Waals surface area contributed by atoms with E-state index in [0.29, 0.717) is 13.0 Å². The van der Waals surface area contributed by atoms with Crippen LogP contribution in [0.1, 0.15) is 20.3 Å². The number of sulfonamides is 1. The van der Waals surface area contributed by atoms with Gasteiger partial charge in [0.1, 0.15) is 0 Å². The summed E-state index contributed by atoms with van der Waals surface area (Å²) in [5.74, 6) is -0.0619. The van der Waals surface area contributed by atoms with Crippen molar-refractivity contribution in [3.8, 4) is 0 Å². The Bertz CT molecular complexity index is 458. The van der Waals surface area contributed by atoms with Gasteiger partial charge in [-0.15, -0.1) is 0 Å². The van der Waals surface area contributed by atoms with Gasteiger partial charge in [0.15, 0.2) is 9.84 Å². The second-order valence-electron chi connectivity index (χ2n) is 4.60. The van der Waals surface area contributed by atoms with E-state index in [1.807, 2.05) is 6.92 Å². The third-order valence-corrected chi connectivity index (χ3v) is 6.83. The maximum Gasteiger partial charge on any atom is 0.214 e. The Morgan fingerprint density at radius 3 is 2.61 bits per heavy atom. The monoisotopic (exact) mass is 298 g/mol.